The van der Waals surface area contributed by atoms with Crippen molar-refractivity contribution in [1.29, 1.82) is 0 Å². The molecule has 1 aliphatic rings. The lowest BCUT2D eigenvalue weighted by atomic mass is 10.2. The average Bonchev–Trinajstić information content (AvgIpc) is 2.52. The quantitative estimate of drug-likeness (QED) is 0.587. The molecule has 0 radical (unpaired) electrons. The molecule has 0 saturated carbocycles. The molecule has 16 heavy (non-hydrogen) atoms. The van der Waals surface area contributed by atoms with Crippen LogP contribution in [0, 0.1) is 0 Å². The van der Waals surface area contributed by atoms with Gasteiger partial charge in [0.1, 0.15) is 13.1 Å². The van der Waals surface area contributed by atoms with Gasteiger partial charge in [0, 0.05) is 4.90 Å². The molecule has 0 amide bonds. The normalized spacial score (nSPS) is 23.6. The standard InChI is InChI=1S/C13H21N2S/c1-5-9-15(3)10-11-12(14(15)2)7-6-8-13(11)16-4/h6-8H,5,9-10H2,1-4H3/q+1. The van der Waals surface area contributed by atoms with Gasteiger partial charge in [-0.2, -0.15) is 0 Å². The Morgan fingerprint density at radius 1 is 1.44 bits per heavy atom. The zero-order valence-corrected chi connectivity index (χ0v) is 11.5. The third kappa shape index (κ3) is 1.72. The topological polar surface area (TPSA) is 3.24 Å². The fraction of sp³-hybridized carbons (Fsp3) is 0.538. The van der Waals surface area contributed by atoms with Gasteiger partial charge in [0.2, 0.25) is 0 Å². The Bertz CT molecular complexity index is 392. The maximum atomic E-state index is 2.42. The van der Waals surface area contributed by atoms with E-state index in [0.29, 0.717) is 0 Å². The zero-order chi connectivity index (χ0) is 11.8. The van der Waals surface area contributed by atoms with Gasteiger partial charge in [0.05, 0.1) is 25.3 Å². The summed E-state index contributed by atoms with van der Waals surface area (Å²) in [5.41, 5.74) is 2.93. The van der Waals surface area contributed by atoms with E-state index in [1.807, 2.05) is 11.8 Å². The summed E-state index contributed by atoms with van der Waals surface area (Å²) in [6.07, 6.45) is 3.39. The number of benzene rings is 1. The molecule has 1 aromatic carbocycles. The van der Waals surface area contributed by atoms with E-state index in [9.17, 15) is 0 Å². The first kappa shape index (κ1) is 11.8. The summed E-state index contributed by atoms with van der Waals surface area (Å²) in [7, 11) is 4.54. The van der Waals surface area contributed by atoms with Crippen molar-refractivity contribution in [3.8, 4) is 0 Å². The van der Waals surface area contributed by atoms with Crippen LogP contribution < -0.4 is 5.01 Å². The van der Waals surface area contributed by atoms with Gasteiger partial charge in [-0.3, -0.25) is 0 Å². The molecule has 0 aromatic heterocycles. The molecule has 0 fully saturated rings. The molecule has 1 unspecified atom stereocenters. The number of nitrogens with zero attached hydrogens (tertiary/aromatic N) is 2. The van der Waals surface area contributed by atoms with Crippen LogP contribution in [0.3, 0.4) is 0 Å². The van der Waals surface area contributed by atoms with E-state index in [1.165, 1.54) is 29.1 Å². The third-order valence-corrected chi connectivity index (χ3v) is 4.43. The lowest BCUT2D eigenvalue weighted by Crippen LogP contribution is -2.52. The summed E-state index contributed by atoms with van der Waals surface area (Å²) in [6, 6.07) is 6.65. The van der Waals surface area contributed by atoms with Crippen LogP contribution >= 0.6 is 11.8 Å². The lowest BCUT2D eigenvalue weighted by Gasteiger charge is -2.36. The minimum Gasteiger partial charge on any atom is -0.227 e. The van der Waals surface area contributed by atoms with E-state index in [2.05, 4.69) is 50.5 Å². The second-order valence-electron chi connectivity index (χ2n) is 4.70. The maximum absolute atomic E-state index is 2.42. The smallest absolute Gasteiger partial charge is 0.130 e. The van der Waals surface area contributed by atoms with E-state index in [1.54, 1.807) is 0 Å². The number of fused-ring (bicyclic) bond motifs is 1. The molecule has 2 nitrogen and oxygen atoms in total. The van der Waals surface area contributed by atoms with Gasteiger partial charge in [0.25, 0.3) is 0 Å². The number of hydrogen-bond donors (Lipinski definition) is 0. The highest BCUT2D eigenvalue weighted by Gasteiger charge is 2.37. The monoisotopic (exact) mass is 237 g/mol. The summed E-state index contributed by atoms with van der Waals surface area (Å²) in [5.74, 6) is 0. The average molecular weight is 237 g/mol. The predicted molar refractivity (Wildman–Crippen MR) is 71.7 cm³/mol. The largest absolute Gasteiger partial charge is 0.227 e. The van der Waals surface area contributed by atoms with Crippen molar-refractivity contribution in [2.75, 3.05) is 31.9 Å². The zero-order valence-electron chi connectivity index (χ0n) is 10.7. The minimum atomic E-state index is 1.02. The second kappa shape index (κ2) is 4.30. The molecule has 3 heteroatoms. The van der Waals surface area contributed by atoms with Gasteiger partial charge >= 0.3 is 0 Å². The van der Waals surface area contributed by atoms with E-state index >= 15 is 0 Å². The molecule has 1 atom stereocenters. The van der Waals surface area contributed by atoms with Crippen LogP contribution in [0.25, 0.3) is 0 Å². The van der Waals surface area contributed by atoms with Crippen LogP contribution in [0.1, 0.15) is 18.9 Å². The van der Waals surface area contributed by atoms with Crippen molar-refractivity contribution >= 4 is 17.4 Å². The first-order chi connectivity index (χ1) is 7.62. The molecule has 88 valence electrons. The van der Waals surface area contributed by atoms with Crippen molar-refractivity contribution in [2.24, 2.45) is 0 Å². The Morgan fingerprint density at radius 2 is 2.19 bits per heavy atom. The molecule has 1 heterocycles. The summed E-state index contributed by atoms with van der Waals surface area (Å²) in [4.78, 5) is 1.43. The van der Waals surface area contributed by atoms with E-state index in [-0.39, 0.29) is 0 Å². The van der Waals surface area contributed by atoms with Crippen LogP contribution in [0.15, 0.2) is 23.1 Å². The van der Waals surface area contributed by atoms with E-state index in [4.69, 9.17) is 0 Å². The van der Waals surface area contributed by atoms with Crippen LogP contribution in [0.4, 0.5) is 5.69 Å². The Labute approximate surface area is 103 Å². The van der Waals surface area contributed by atoms with Crippen LogP contribution in [0.5, 0.6) is 0 Å². The molecule has 1 aliphatic heterocycles. The number of hydrogen-bond acceptors (Lipinski definition) is 2. The summed E-state index contributed by atoms with van der Waals surface area (Å²) in [6.45, 7) is 4.60. The highest BCUT2D eigenvalue weighted by molar-refractivity contribution is 7.98. The summed E-state index contributed by atoms with van der Waals surface area (Å²) < 4.78 is 1.02. The van der Waals surface area contributed by atoms with E-state index < -0.39 is 0 Å². The fourth-order valence-corrected chi connectivity index (χ4v) is 3.26. The number of anilines is 1. The summed E-state index contributed by atoms with van der Waals surface area (Å²) in [5, 5.41) is 2.42. The molecule has 1 aromatic rings. The highest BCUT2D eigenvalue weighted by Crippen LogP contribution is 2.39. The Kier molecular flexibility index (Phi) is 3.17. The van der Waals surface area contributed by atoms with Gasteiger partial charge in [-0.1, -0.05) is 13.0 Å². The highest BCUT2D eigenvalue weighted by atomic mass is 32.2. The number of quaternary nitrogens is 1. The van der Waals surface area contributed by atoms with Crippen LogP contribution in [0.2, 0.25) is 0 Å². The van der Waals surface area contributed by atoms with Crippen molar-refractivity contribution in [3.63, 3.8) is 0 Å². The third-order valence-electron chi connectivity index (χ3n) is 3.61. The predicted octanol–water partition coefficient (Wildman–Crippen LogP) is 3.13. The van der Waals surface area contributed by atoms with Gasteiger partial charge in [-0.05, 0) is 24.8 Å². The molecular formula is C13H21N2S+. The van der Waals surface area contributed by atoms with Crippen molar-refractivity contribution in [2.45, 2.75) is 24.8 Å². The number of rotatable bonds is 3. The minimum absolute atomic E-state index is 1.02. The Balaban J connectivity index is 2.41. The molecular weight excluding hydrogens is 216 g/mol. The molecule has 0 spiro atoms. The number of thioether (sulfide) groups is 1. The second-order valence-corrected chi connectivity index (χ2v) is 5.55. The first-order valence-corrected chi connectivity index (χ1v) is 7.09. The SMILES string of the molecule is CCC[N+]1(C)Cc2c(SC)cccc2N1C. The van der Waals surface area contributed by atoms with Crippen LogP contribution in [-0.2, 0) is 6.54 Å². The van der Waals surface area contributed by atoms with Crippen LogP contribution in [-0.4, -0.2) is 31.5 Å². The van der Waals surface area contributed by atoms with Gasteiger partial charge in [-0.25, -0.2) is 9.60 Å². The first-order valence-electron chi connectivity index (χ1n) is 5.87. The fourth-order valence-electron chi connectivity index (χ4n) is 2.62. The van der Waals surface area contributed by atoms with Crippen molar-refractivity contribution < 1.29 is 4.59 Å². The Morgan fingerprint density at radius 3 is 2.81 bits per heavy atom. The lowest BCUT2D eigenvalue weighted by molar-refractivity contribution is -0.923. The summed E-state index contributed by atoms with van der Waals surface area (Å²) >= 11 is 1.86. The molecule has 0 aliphatic carbocycles. The van der Waals surface area contributed by atoms with Gasteiger partial charge in [-0.15, -0.1) is 11.8 Å². The van der Waals surface area contributed by atoms with Gasteiger partial charge < -0.3 is 0 Å². The Hall–Kier alpha value is -0.670. The van der Waals surface area contributed by atoms with Gasteiger partial charge in [0.15, 0.2) is 0 Å². The van der Waals surface area contributed by atoms with E-state index in [0.717, 1.165) is 11.1 Å². The molecule has 0 bridgehead atoms. The van der Waals surface area contributed by atoms with Crippen molar-refractivity contribution in [1.82, 2.24) is 0 Å². The molecule has 0 saturated heterocycles. The van der Waals surface area contributed by atoms with Crippen molar-refractivity contribution in [3.05, 3.63) is 23.8 Å². The molecule has 2 rings (SSSR count). The maximum Gasteiger partial charge on any atom is 0.130 e. The molecule has 0 N–H and O–H groups in total.